The molecule has 0 unspecified atom stereocenters. The molecule has 1 saturated heterocycles. The molecule has 0 saturated carbocycles. The Morgan fingerprint density at radius 3 is 1.61 bits per heavy atom. The summed E-state index contributed by atoms with van der Waals surface area (Å²) in [6, 6.07) is -0.729. The number of carboxylic acids is 1. The number of nitrogens with one attached hydrogen (secondary N) is 2. The van der Waals surface area contributed by atoms with Crippen LogP contribution in [-0.2, 0) is 14.4 Å². The SMILES string of the molecule is CC(=O)[O-].CCC1(CC)C(=O)NC(=O)NC1=O.[Na+]. The summed E-state index contributed by atoms with van der Waals surface area (Å²) in [4.78, 5) is 42.4. The number of amides is 4. The van der Waals surface area contributed by atoms with Crippen molar-refractivity contribution in [2.75, 3.05) is 0 Å². The van der Waals surface area contributed by atoms with Gasteiger partial charge < -0.3 is 9.90 Å². The molecule has 7 nitrogen and oxygen atoms in total. The van der Waals surface area contributed by atoms with E-state index in [1.54, 1.807) is 13.8 Å². The number of carbonyl (C=O) groups is 4. The Kier molecular flexibility index (Phi) is 8.88. The normalized spacial score (nSPS) is 16.5. The van der Waals surface area contributed by atoms with Gasteiger partial charge in [-0.05, 0) is 19.8 Å². The molecule has 0 atom stereocenters. The van der Waals surface area contributed by atoms with E-state index in [0.717, 1.165) is 6.92 Å². The topological polar surface area (TPSA) is 115 Å². The van der Waals surface area contributed by atoms with Crippen LogP contribution in [-0.4, -0.2) is 23.8 Å². The predicted octanol–water partition coefficient (Wildman–Crippen LogP) is -4.08. The Morgan fingerprint density at radius 1 is 1.11 bits per heavy atom. The molecule has 4 amide bonds. The average Bonchev–Trinajstić information content (AvgIpc) is 2.17. The molecule has 0 spiro atoms. The van der Waals surface area contributed by atoms with Crippen LogP contribution in [0.2, 0.25) is 0 Å². The van der Waals surface area contributed by atoms with Crippen LogP contribution in [0.1, 0.15) is 33.6 Å². The second-order valence-corrected chi connectivity index (χ2v) is 3.52. The monoisotopic (exact) mass is 266 g/mol. The largest absolute Gasteiger partial charge is 1.00 e. The first kappa shape index (κ1) is 19.4. The van der Waals surface area contributed by atoms with Gasteiger partial charge in [-0.15, -0.1) is 0 Å². The van der Waals surface area contributed by atoms with Gasteiger partial charge in [-0.25, -0.2) is 4.79 Å². The maximum absolute atomic E-state index is 11.4. The smallest absolute Gasteiger partial charge is 0.550 e. The number of carboxylic acid groups (broad SMARTS) is 1. The molecule has 18 heavy (non-hydrogen) atoms. The Morgan fingerprint density at radius 2 is 1.39 bits per heavy atom. The van der Waals surface area contributed by atoms with Crippen molar-refractivity contribution in [2.24, 2.45) is 5.41 Å². The predicted molar refractivity (Wildman–Crippen MR) is 55.4 cm³/mol. The van der Waals surface area contributed by atoms with Crippen LogP contribution in [0.15, 0.2) is 0 Å². The fourth-order valence-corrected chi connectivity index (χ4v) is 1.47. The van der Waals surface area contributed by atoms with Crippen LogP contribution in [0.25, 0.3) is 0 Å². The molecular formula is C10H15N2NaO5. The summed E-state index contributed by atoms with van der Waals surface area (Å²) < 4.78 is 0. The molecule has 0 radical (unpaired) electrons. The molecule has 1 aliphatic rings. The van der Waals surface area contributed by atoms with Crippen molar-refractivity contribution in [3.63, 3.8) is 0 Å². The van der Waals surface area contributed by atoms with Crippen molar-refractivity contribution in [2.45, 2.75) is 33.6 Å². The zero-order chi connectivity index (χ0) is 13.6. The Balaban J connectivity index is 0. The fourth-order valence-electron chi connectivity index (χ4n) is 1.47. The molecule has 1 heterocycles. The quantitative estimate of drug-likeness (QED) is 0.389. The molecule has 8 heteroatoms. The van der Waals surface area contributed by atoms with Crippen molar-refractivity contribution < 1.29 is 53.8 Å². The molecular weight excluding hydrogens is 251 g/mol. The Bertz CT molecular complexity index is 326. The molecule has 1 rings (SSSR count). The summed E-state index contributed by atoms with van der Waals surface area (Å²) in [5.74, 6) is -2.07. The number of hydrogen-bond acceptors (Lipinski definition) is 5. The number of carbonyl (C=O) groups excluding carboxylic acids is 4. The number of urea groups is 1. The summed E-state index contributed by atoms with van der Waals surface area (Å²) in [5, 5.41) is 13.1. The number of barbiturate groups is 1. The fraction of sp³-hybridized carbons (Fsp3) is 0.600. The molecule has 0 aromatic carbocycles. The minimum Gasteiger partial charge on any atom is -0.550 e. The van der Waals surface area contributed by atoms with Crippen molar-refractivity contribution in [3.05, 3.63) is 0 Å². The summed E-state index contributed by atoms with van der Waals surface area (Å²) in [6.07, 6.45) is 0.795. The third kappa shape index (κ3) is 4.75. The Labute approximate surface area is 127 Å². The first-order valence-electron chi connectivity index (χ1n) is 5.14. The second-order valence-electron chi connectivity index (χ2n) is 3.52. The third-order valence-corrected chi connectivity index (χ3v) is 2.53. The van der Waals surface area contributed by atoms with Crippen LogP contribution in [0.3, 0.4) is 0 Å². The van der Waals surface area contributed by atoms with Crippen LogP contribution >= 0.6 is 0 Å². The van der Waals surface area contributed by atoms with Crippen molar-refractivity contribution in [3.8, 4) is 0 Å². The summed E-state index contributed by atoms with van der Waals surface area (Å²) in [5.41, 5.74) is -1.06. The van der Waals surface area contributed by atoms with E-state index in [0.29, 0.717) is 12.8 Å². The van der Waals surface area contributed by atoms with Gasteiger partial charge >= 0.3 is 35.6 Å². The third-order valence-electron chi connectivity index (χ3n) is 2.53. The summed E-state index contributed by atoms with van der Waals surface area (Å²) in [7, 11) is 0. The first-order chi connectivity index (χ1) is 7.80. The summed E-state index contributed by atoms with van der Waals surface area (Å²) in [6.45, 7) is 4.47. The number of imide groups is 2. The molecule has 2 N–H and O–H groups in total. The number of aliphatic carboxylic acids is 1. The molecule has 1 fully saturated rings. The molecule has 0 aromatic rings. The maximum Gasteiger partial charge on any atom is 1.00 e. The minimum absolute atomic E-state index is 0. The van der Waals surface area contributed by atoms with Gasteiger partial charge in [0.2, 0.25) is 11.8 Å². The zero-order valence-electron chi connectivity index (χ0n) is 11.0. The molecule has 0 aromatic heterocycles. The Hall–Kier alpha value is -0.920. The van der Waals surface area contributed by atoms with E-state index >= 15 is 0 Å². The van der Waals surface area contributed by atoms with Crippen molar-refractivity contribution in [1.82, 2.24) is 10.6 Å². The van der Waals surface area contributed by atoms with Gasteiger partial charge in [-0.2, -0.15) is 0 Å². The van der Waals surface area contributed by atoms with E-state index in [9.17, 15) is 14.4 Å². The molecule has 0 bridgehead atoms. The van der Waals surface area contributed by atoms with E-state index < -0.39 is 29.2 Å². The van der Waals surface area contributed by atoms with Gasteiger partial charge in [0.15, 0.2) is 0 Å². The van der Waals surface area contributed by atoms with E-state index in [2.05, 4.69) is 10.6 Å². The average molecular weight is 266 g/mol. The molecule has 1 aliphatic heterocycles. The van der Waals surface area contributed by atoms with E-state index in [1.165, 1.54) is 0 Å². The van der Waals surface area contributed by atoms with Crippen LogP contribution in [0, 0.1) is 5.41 Å². The van der Waals surface area contributed by atoms with Gasteiger partial charge in [0.25, 0.3) is 0 Å². The van der Waals surface area contributed by atoms with Crippen LogP contribution in [0.4, 0.5) is 4.79 Å². The van der Waals surface area contributed by atoms with E-state index in [1.807, 2.05) is 0 Å². The standard InChI is InChI=1S/C8H12N2O3.C2H4O2.Na/c1-3-8(4-2)5(11)9-7(13)10-6(8)12;1-2(3)4;/h3-4H2,1-2H3,(H2,9,10,11,12,13);1H3,(H,3,4);/q;;+1/p-1. The maximum atomic E-state index is 11.4. The van der Waals surface area contributed by atoms with Gasteiger partial charge in [0.1, 0.15) is 5.41 Å². The summed E-state index contributed by atoms with van der Waals surface area (Å²) >= 11 is 0. The molecule has 0 aliphatic carbocycles. The van der Waals surface area contributed by atoms with Gasteiger partial charge in [-0.1, -0.05) is 13.8 Å². The van der Waals surface area contributed by atoms with Crippen molar-refractivity contribution >= 4 is 23.8 Å². The van der Waals surface area contributed by atoms with E-state index in [4.69, 9.17) is 9.90 Å². The number of rotatable bonds is 2. The number of hydrogen-bond donors (Lipinski definition) is 2. The first-order valence-corrected chi connectivity index (χ1v) is 5.14. The van der Waals surface area contributed by atoms with Gasteiger partial charge in [-0.3, -0.25) is 20.2 Å². The second kappa shape index (κ2) is 8.23. The van der Waals surface area contributed by atoms with Gasteiger partial charge in [0, 0.05) is 5.97 Å². The minimum atomic E-state index is -1.08. The van der Waals surface area contributed by atoms with Crippen LogP contribution in [0.5, 0.6) is 0 Å². The van der Waals surface area contributed by atoms with Gasteiger partial charge in [0.05, 0.1) is 0 Å². The van der Waals surface area contributed by atoms with Crippen LogP contribution < -0.4 is 45.3 Å². The van der Waals surface area contributed by atoms with E-state index in [-0.39, 0.29) is 29.6 Å². The van der Waals surface area contributed by atoms with Crippen molar-refractivity contribution in [1.29, 1.82) is 0 Å². The molecule has 96 valence electrons. The zero-order valence-corrected chi connectivity index (χ0v) is 13.0.